The number of hydrogen-bond acceptors (Lipinski definition) is 4. The second kappa shape index (κ2) is 4.37. The Morgan fingerprint density at radius 2 is 2.12 bits per heavy atom. The molecule has 16 heavy (non-hydrogen) atoms. The van der Waals surface area contributed by atoms with Crippen LogP contribution < -0.4 is 11.1 Å². The number of halogens is 1. The molecule has 0 aliphatic carbocycles. The van der Waals surface area contributed by atoms with Crippen LogP contribution in [0, 0.1) is 6.92 Å². The number of hydrogen-bond donors (Lipinski definition) is 2. The molecule has 0 saturated carbocycles. The van der Waals surface area contributed by atoms with Crippen LogP contribution in [0.3, 0.4) is 0 Å². The van der Waals surface area contributed by atoms with Crippen molar-refractivity contribution in [3.05, 3.63) is 41.3 Å². The van der Waals surface area contributed by atoms with Crippen molar-refractivity contribution in [3.63, 3.8) is 0 Å². The van der Waals surface area contributed by atoms with E-state index in [-0.39, 0.29) is 5.28 Å². The summed E-state index contributed by atoms with van der Waals surface area (Å²) in [6, 6.07) is 7.50. The second-order valence-electron chi connectivity index (χ2n) is 3.43. The maximum atomic E-state index is 5.87. The molecule has 0 aliphatic heterocycles. The number of nitrogen functional groups attached to an aromatic ring is 1. The minimum absolute atomic E-state index is 0.204. The average molecular weight is 235 g/mol. The van der Waals surface area contributed by atoms with E-state index >= 15 is 0 Å². The Hall–Kier alpha value is -1.81. The van der Waals surface area contributed by atoms with Gasteiger partial charge in [0.25, 0.3) is 0 Å². The molecule has 0 amide bonds. The third kappa shape index (κ3) is 2.41. The average Bonchev–Trinajstić information content (AvgIpc) is 2.22. The predicted octanol–water partition coefficient (Wildman–Crippen LogP) is 2.76. The van der Waals surface area contributed by atoms with Crippen LogP contribution >= 0.6 is 11.6 Å². The number of aryl methyl sites for hydroxylation is 1. The molecular formula is C11H11ClN4. The first-order valence-electron chi connectivity index (χ1n) is 4.77. The van der Waals surface area contributed by atoms with Crippen LogP contribution in [-0.4, -0.2) is 9.97 Å². The summed E-state index contributed by atoms with van der Waals surface area (Å²) in [5.41, 5.74) is 8.46. The van der Waals surface area contributed by atoms with E-state index < -0.39 is 0 Å². The molecule has 0 atom stereocenters. The lowest BCUT2D eigenvalue weighted by molar-refractivity contribution is 1.17. The fraction of sp³-hybridized carbons (Fsp3) is 0.0909. The van der Waals surface area contributed by atoms with E-state index in [2.05, 4.69) is 15.3 Å². The number of rotatable bonds is 2. The van der Waals surface area contributed by atoms with Crippen molar-refractivity contribution in [2.75, 3.05) is 11.1 Å². The maximum absolute atomic E-state index is 5.87. The number of nitrogens with zero attached hydrogens (tertiary/aromatic N) is 2. The molecule has 0 saturated heterocycles. The molecule has 5 heteroatoms. The lowest BCUT2D eigenvalue weighted by atomic mass is 10.2. The first-order chi connectivity index (χ1) is 7.65. The van der Waals surface area contributed by atoms with Crippen molar-refractivity contribution < 1.29 is 0 Å². The Labute approximate surface area is 98.5 Å². The number of anilines is 3. The van der Waals surface area contributed by atoms with E-state index in [1.807, 2.05) is 25.1 Å². The van der Waals surface area contributed by atoms with Gasteiger partial charge in [-0.3, -0.25) is 0 Å². The van der Waals surface area contributed by atoms with Crippen molar-refractivity contribution in [2.45, 2.75) is 6.92 Å². The van der Waals surface area contributed by atoms with Crippen LogP contribution in [0.15, 0.2) is 30.5 Å². The van der Waals surface area contributed by atoms with Crippen LogP contribution in [0.25, 0.3) is 0 Å². The number of nitrogens with one attached hydrogen (secondary N) is 1. The molecule has 0 spiro atoms. The number of nitrogens with two attached hydrogens (primary N) is 1. The Balaban J connectivity index is 2.27. The maximum Gasteiger partial charge on any atom is 0.224 e. The van der Waals surface area contributed by atoms with Gasteiger partial charge in [0.1, 0.15) is 5.82 Å². The van der Waals surface area contributed by atoms with Gasteiger partial charge in [-0.25, -0.2) is 9.97 Å². The Morgan fingerprint density at radius 3 is 2.81 bits per heavy atom. The van der Waals surface area contributed by atoms with E-state index in [0.29, 0.717) is 11.5 Å². The third-order valence-electron chi connectivity index (χ3n) is 2.10. The molecule has 1 aromatic heterocycles. The highest BCUT2D eigenvalue weighted by Crippen LogP contribution is 2.23. The zero-order valence-corrected chi connectivity index (χ0v) is 9.49. The van der Waals surface area contributed by atoms with Gasteiger partial charge in [0, 0.05) is 6.20 Å². The van der Waals surface area contributed by atoms with Gasteiger partial charge in [0.15, 0.2) is 0 Å². The van der Waals surface area contributed by atoms with E-state index in [1.165, 1.54) is 0 Å². The SMILES string of the molecule is Cc1ccc(Nc2ccnc(Cl)n2)c(N)c1. The molecule has 2 aromatic rings. The van der Waals surface area contributed by atoms with Crippen molar-refractivity contribution in [3.8, 4) is 0 Å². The number of aromatic nitrogens is 2. The second-order valence-corrected chi connectivity index (χ2v) is 3.76. The van der Waals surface area contributed by atoms with Crippen molar-refractivity contribution in [1.82, 2.24) is 9.97 Å². The summed E-state index contributed by atoms with van der Waals surface area (Å²) in [6.45, 7) is 1.99. The highest BCUT2D eigenvalue weighted by Gasteiger charge is 2.01. The molecule has 0 fully saturated rings. The topological polar surface area (TPSA) is 63.8 Å². The molecule has 0 bridgehead atoms. The summed E-state index contributed by atoms with van der Waals surface area (Å²) in [7, 11) is 0. The van der Waals surface area contributed by atoms with Crippen molar-refractivity contribution in [1.29, 1.82) is 0 Å². The largest absolute Gasteiger partial charge is 0.397 e. The first-order valence-corrected chi connectivity index (χ1v) is 5.14. The Morgan fingerprint density at radius 1 is 1.31 bits per heavy atom. The van der Waals surface area contributed by atoms with Gasteiger partial charge in [-0.1, -0.05) is 6.07 Å². The predicted molar refractivity (Wildman–Crippen MR) is 65.9 cm³/mol. The van der Waals surface area contributed by atoms with E-state index in [9.17, 15) is 0 Å². The minimum atomic E-state index is 0.204. The van der Waals surface area contributed by atoms with Crippen LogP contribution in [0.2, 0.25) is 5.28 Å². The lowest BCUT2D eigenvalue weighted by Gasteiger charge is -2.08. The molecule has 2 rings (SSSR count). The lowest BCUT2D eigenvalue weighted by Crippen LogP contribution is -1.98. The zero-order chi connectivity index (χ0) is 11.5. The molecule has 1 aromatic carbocycles. The first kappa shape index (κ1) is 10.7. The van der Waals surface area contributed by atoms with Gasteiger partial charge >= 0.3 is 0 Å². The summed E-state index contributed by atoms with van der Waals surface area (Å²) in [5.74, 6) is 0.621. The minimum Gasteiger partial charge on any atom is -0.397 e. The van der Waals surface area contributed by atoms with Gasteiger partial charge in [-0.2, -0.15) is 0 Å². The molecule has 82 valence electrons. The van der Waals surface area contributed by atoms with E-state index in [4.69, 9.17) is 17.3 Å². The monoisotopic (exact) mass is 234 g/mol. The van der Waals surface area contributed by atoms with Crippen LogP contribution in [0.5, 0.6) is 0 Å². The highest BCUT2D eigenvalue weighted by atomic mass is 35.5. The molecule has 0 radical (unpaired) electrons. The quantitative estimate of drug-likeness (QED) is 0.620. The fourth-order valence-electron chi connectivity index (χ4n) is 1.34. The highest BCUT2D eigenvalue weighted by molar-refractivity contribution is 6.28. The van der Waals surface area contributed by atoms with Crippen molar-refractivity contribution in [2.24, 2.45) is 0 Å². The zero-order valence-electron chi connectivity index (χ0n) is 8.74. The third-order valence-corrected chi connectivity index (χ3v) is 2.28. The molecule has 3 N–H and O–H groups in total. The molecular weight excluding hydrogens is 224 g/mol. The number of benzene rings is 1. The van der Waals surface area contributed by atoms with Gasteiger partial charge < -0.3 is 11.1 Å². The summed E-state index contributed by atoms with van der Waals surface area (Å²) in [5, 5.41) is 3.28. The summed E-state index contributed by atoms with van der Waals surface area (Å²) in [4.78, 5) is 7.82. The van der Waals surface area contributed by atoms with Gasteiger partial charge in [-0.15, -0.1) is 0 Å². The summed E-state index contributed by atoms with van der Waals surface area (Å²) >= 11 is 5.68. The molecule has 0 unspecified atom stereocenters. The molecule has 1 heterocycles. The summed E-state index contributed by atoms with van der Waals surface area (Å²) < 4.78 is 0. The van der Waals surface area contributed by atoms with E-state index in [1.54, 1.807) is 12.3 Å². The summed E-state index contributed by atoms with van der Waals surface area (Å²) in [6.07, 6.45) is 1.59. The standard InChI is InChI=1S/C11H11ClN4/c1-7-2-3-9(8(13)6-7)15-10-4-5-14-11(12)16-10/h2-6H,13H2,1H3,(H,14,15,16). The van der Waals surface area contributed by atoms with Crippen molar-refractivity contribution >= 4 is 28.8 Å². The Kier molecular flexibility index (Phi) is 2.92. The van der Waals surface area contributed by atoms with Gasteiger partial charge in [0.05, 0.1) is 11.4 Å². The van der Waals surface area contributed by atoms with Gasteiger partial charge in [0.2, 0.25) is 5.28 Å². The Bertz CT molecular complexity index is 513. The van der Waals surface area contributed by atoms with E-state index in [0.717, 1.165) is 11.3 Å². The normalized spacial score (nSPS) is 10.1. The molecule has 0 aliphatic rings. The smallest absolute Gasteiger partial charge is 0.224 e. The van der Waals surface area contributed by atoms with Crippen LogP contribution in [0.4, 0.5) is 17.2 Å². The van der Waals surface area contributed by atoms with Gasteiger partial charge in [-0.05, 0) is 42.3 Å². The van der Waals surface area contributed by atoms with Crippen LogP contribution in [0.1, 0.15) is 5.56 Å². The van der Waals surface area contributed by atoms with Crippen LogP contribution in [-0.2, 0) is 0 Å². The molecule has 4 nitrogen and oxygen atoms in total. The fourth-order valence-corrected chi connectivity index (χ4v) is 1.49.